The molecule has 1 aliphatic heterocycles. The Bertz CT molecular complexity index is 437. The van der Waals surface area contributed by atoms with E-state index in [2.05, 4.69) is 12.2 Å². The van der Waals surface area contributed by atoms with Crippen molar-refractivity contribution in [2.45, 2.75) is 19.9 Å². The summed E-state index contributed by atoms with van der Waals surface area (Å²) in [5, 5.41) is 3.89. The van der Waals surface area contributed by atoms with Crippen LogP contribution in [0.1, 0.15) is 22.8 Å². The number of piperazine rings is 1. The third kappa shape index (κ3) is 3.16. The first-order chi connectivity index (χ1) is 8.09. The lowest BCUT2D eigenvalue weighted by molar-refractivity contribution is 0.0655. The molecule has 0 unspecified atom stereocenters. The summed E-state index contributed by atoms with van der Waals surface area (Å²) in [5.41, 5.74) is 1.69. The highest BCUT2D eigenvalue weighted by atomic mass is 35.5. The van der Waals surface area contributed by atoms with Crippen molar-refractivity contribution in [1.29, 1.82) is 0 Å². The molecule has 1 heterocycles. The maximum Gasteiger partial charge on any atom is 0.254 e. The lowest BCUT2D eigenvalue weighted by Gasteiger charge is -2.34. The van der Waals surface area contributed by atoms with Gasteiger partial charge in [-0.2, -0.15) is 0 Å². The van der Waals surface area contributed by atoms with E-state index in [0.29, 0.717) is 10.6 Å². The van der Waals surface area contributed by atoms with Crippen LogP contribution in [0, 0.1) is 6.92 Å². The number of benzene rings is 1. The Hall–Kier alpha value is -0.770. The summed E-state index contributed by atoms with van der Waals surface area (Å²) >= 11 is 5.95. The summed E-state index contributed by atoms with van der Waals surface area (Å²) in [5.74, 6) is 0.0824. The van der Waals surface area contributed by atoms with E-state index in [-0.39, 0.29) is 24.4 Å². The second kappa shape index (κ2) is 6.41. The van der Waals surface area contributed by atoms with Gasteiger partial charge in [-0.3, -0.25) is 4.79 Å². The Morgan fingerprint density at radius 3 is 2.89 bits per heavy atom. The van der Waals surface area contributed by atoms with Crippen LogP contribution in [-0.4, -0.2) is 36.5 Å². The largest absolute Gasteiger partial charge is 0.333 e. The molecule has 0 spiro atoms. The summed E-state index contributed by atoms with van der Waals surface area (Å²) in [7, 11) is 0. The van der Waals surface area contributed by atoms with Gasteiger partial charge in [0.1, 0.15) is 0 Å². The fraction of sp³-hybridized carbons (Fsp3) is 0.462. The number of nitrogens with one attached hydrogen (secondary N) is 1. The molecule has 1 aliphatic rings. The van der Waals surface area contributed by atoms with Crippen molar-refractivity contribution in [2.24, 2.45) is 0 Å². The number of nitrogens with zero attached hydrogens (tertiary/aromatic N) is 1. The zero-order valence-electron chi connectivity index (χ0n) is 10.6. The number of carbonyl (C=O) groups is 1. The van der Waals surface area contributed by atoms with Crippen LogP contribution in [0.4, 0.5) is 0 Å². The van der Waals surface area contributed by atoms with Gasteiger partial charge in [-0.1, -0.05) is 17.7 Å². The zero-order valence-corrected chi connectivity index (χ0v) is 12.1. The summed E-state index contributed by atoms with van der Waals surface area (Å²) in [6.45, 7) is 6.47. The lowest BCUT2D eigenvalue weighted by atomic mass is 10.1. The SMILES string of the molecule is Cc1ccc(Cl)cc1C(=O)N1CCNC[C@@H]1C.Cl. The maximum absolute atomic E-state index is 12.4. The Balaban J connectivity index is 0.00000162. The van der Waals surface area contributed by atoms with Gasteiger partial charge in [0.15, 0.2) is 0 Å². The third-order valence-corrected chi connectivity index (χ3v) is 3.43. The molecule has 5 heteroatoms. The summed E-state index contributed by atoms with van der Waals surface area (Å²) < 4.78 is 0. The van der Waals surface area contributed by atoms with Crippen molar-refractivity contribution in [1.82, 2.24) is 10.2 Å². The van der Waals surface area contributed by atoms with Gasteiger partial charge < -0.3 is 10.2 Å². The van der Waals surface area contributed by atoms with E-state index >= 15 is 0 Å². The monoisotopic (exact) mass is 288 g/mol. The van der Waals surface area contributed by atoms with Crippen LogP contribution < -0.4 is 5.32 Å². The number of carbonyl (C=O) groups excluding carboxylic acids is 1. The fourth-order valence-electron chi connectivity index (χ4n) is 2.12. The van der Waals surface area contributed by atoms with E-state index in [1.165, 1.54) is 0 Å². The minimum atomic E-state index is 0. The number of aryl methyl sites for hydroxylation is 1. The molecular weight excluding hydrogens is 271 g/mol. The van der Waals surface area contributed by atoms with Crippen molar-refractivity contribution in [2.75, 3.05) is 19.6 Å². The molecule has 0 saturated carbocycles. The first kappa shape index (κ1) is 15.3. The van der Waals surface area contributed by atoms with Crippen molar-refractivity contribution < 1.29 is 4.79 Å². The number of halogens is 2. The van der Waals surface area contributed by atoms with E-state index in [1.54, 1.807) is 6.07 Å². The zero-order chi connectivity index (χ0) is 12.4. The number of hydrogen-bond donors (Lipinski definition) is 1. The summed E-state index contributed by atoms with van der Waals surface area (Å²) in [6.07, 6.45) is 0. The average Bonchev–Trinajstić information content (AvgIpc) is 2.32. The van der Waals surface area contributed by atoms with E-state index in [4.69, 9.17) is 11.6 Å². The highest BCUT2D eigenvalue weighted by molar-refractivity contribution is 6.31. The molecule has 0 bridgehead atoms. The topological polar surface area (TPSA) is 32.3 Å². The highest BCUT2D eigenvalue weighted by Crippen LogP contribution is 2.18. The van der Waals surface area contributed by atoms with Crippen LogP contribution in [0.2, 0.25) is 5.02 Å². The highest BCUT2D eigenvalue weighted by Gasteiger charge is 2.24. The van der Waals surface area contributed by atoms with Gasteiger partial charge in [0, 0.05) is 36.3 Å². The van der Waals surface area contributed by atoms with Gasteiger partial charge in [0.2, 0.25) is 0 Å². The predicted molar refractivity (Wildman–Crippen MR) is 76.8 cm³/mol. The van der Waals surface area contributed by atoms with E-state index < -0.39 is 0 Å². The van der Waals surface area contributed by atoms with Crippen molar-refractivity contribution in [3.8, 4) is 0 Å². The molecule has 3 nitrogen and oxygen atoms in total. The fourth-order valence-corrected chi connectivity index (χ4v) is 2.29. The molecule has 1 saturated heterocycles. The molecular formula is C13H18Cl2N2O. The van der Waals surface area contributed by atoms with Crippen molar-refractivity contribution >= 4 is 29.9 Å². The molecule has 1 N–H and O–H groups in total. The molecule has 1 aromatic rings. The van der Waals surface area contributed by atoms with Gasteiger partial charge in [-0.25, -0.2) is 0 Å². The smallest absolute Gasteiger partial charge is 0.254 e. The minimum absolute atomic E-state index is 0. The molecule has 0 radical (unpaired) electrons. The van der Waals surface area contributed by atoms with Crippen molar-refractivity contribution in [3.63, 3.8) is 0 Å². The number of rotatable bonds is 1. The van der Waals surface area contributed by atoms with Gasteiger partial charge in [0.05, 0.1) is 0 Å². The Labute approximate surface area is 119 Å². The van der Waals surface area contributed by atoms with Gasteiger partial charge in [0.25, 0.3) is 5.91 Å². The maximum atomic E-state index is 12.4. The lowest BCUT2D eigenvalue weighted by Crippen LogP contribution is -2.52. The molecule has 0 aliphatic carbocycles. The molecule has 18 heavy (non-hydrogen) atoms. The minimum Gasteiger partial charge on any atom is -0.333 e. The van der Waals surface area contributed by atoms with Gasteiger partial charge in [-0.15, -0.1) is 12.4 Å². The third-order valence-electron chi connectivity index (χ3n) is 3.19. The number of amides is 1. The summed E-state index contributed by atoms with van der Waals surface area (Å²) in [6, 6.07) is 5.69. The Morgan fingerprint density at radius 1 is 1.50 bits per heavy atom. The average molecular weight is 289 g/mol. The summed E-state index contributed by atoms with van der Waals surface area (Å²) in [4.78, 5) is 14.3. The van der Waals surface area contributed by atoms with Crippen LogP contribution >= 0.6 is 24.0 Å². The van der Waals surface area contributed by atoms with Crippen LogP contribution in [0.3, 0.4) is 0 Å². The van der Waals surface area contributed by atoms with E-state index in [9.17, 15) is 4.79 Å². The Kier molecular flexibility index (Phi) is 5.45. The van der Waals surface area contributed by atoms with Crippen molar-refractivity contribution in [3.05, 3.63) is 34.3 Å². The molecule has 2 rings (SSSR count). The molecule has 1 atom stereocenters. The Morgan fingerprint density at radius 2 is 2.22 bits per heavy atom. The number of hydrogen-bond acceptors (Lipinski definition) is 2. The van der Waals surface area contributed by atoms with Gasteiger partial charge in [-0.05, 0) is 31.5 Å². The van der Waals surface area contributed by atoms with Gasteiger partial charge >= 0.3 is 0 Å². The predicted octanol–water partition coefficient (Wildman–Crippen LogP) is 2.50. The van der Waals surface area contributed by atoms with Crippen LogP contribution in [-0.2, 0) is 0 Å². The first-order valence-corrected chi connectivity index (χ1v) is 6.25. The standard InChI is InChI=1S/C13H17ClN2O.ClH/c1-9-3-4-11(14)7-12(9)13(17)16-6-5-15-8-10(16)2;/h3-4,7,10,15H,5-6,8H2,1-2H3;1H/t10-;/m0./s1. The second-order valence-electron chi connectivity index (χ2n) is 4.51. The van der Waals surface area contributed by atoms with Crippen LogP contribution in [0.5, 0.6) is 0 Å². The first-order valence-electron chi connectivity index (χ1n) is 5.87. The van der Waals surface area contributed by atoms with Crippen LogP contribution in [0.25, 0.3) is 0 Å². The molecule has 0 aromatic heterocycles. The molecule has 1 amide bonds. The quantitative estimate of drug-likeness (QED) is 0.861. The van der Waals surface area contributed by atoms with E-state index in [1.807, 2.05) is 24.0 Å². The molecule has 1 fully saturated rings. The normalized spacial score (nSPS) is 19.3. The molecule has 100 valence electrons. The van der Waals surface area contributed by atoms with Crippen LogP contribution in [0.15, 0.2) is 18.2 Å². The second-order valence-corrected chi connectivity index (χ2v) is 4.95. The van der Waals surface area contributed by atoms with E-state index in [0.717, 1.165) is 25.2 Å². The molecule has 1 aromatic carbocycles.